The zero-order chi connectivity index (χ0) is 13.1. The first kappa shape index (κ1) is 12.6. The van der Waals surface area contributed by atoms with Crippen molar-refractivity contribution in [3.05, 3.63) is 52.3 Å². The number of carbonyl (C=O) groups excluding carboxylic acids is 1. The Morgan fingerprint density at radius 3 is 2.83 bits per heavy atom. The third-order valence-electron chi connectivity index (χ3n) is 2.44. The summed E-state index contributed by atoms with van der Waals surface area (Å²) in [5.41, 5.74) is 1.66. The molecule has 4 nitrogen and oxygen atoms in total. The maximum absolute atomic E-state index is 11.9. The van der Waals surface area contributed by atoms with Crippen LogP contribution in [0.15, 0.2) is 41.0 Å². The van der Waals surface area contributed by atoms with Crippen LogP contribution in [0.4, 0.5) is 5.69 Å². The van der Waals surface area contributed by atoms with Gasteiger partial charge in [-0.05, 0) is 46.6 Å². The normalized spacial score (nSPS) is 10.1. The molecule has 0 radical (unpaired) electrons. The number of anilines is 1. The summed E-state index contributed by atoms with van der Waals surface area (Å²) in [7, 11) is 0. The molecule has 1 amide bonds. The van der Waals surface area contributed by atoms with Gasteiger partial charge in [0.05, 0.1) is 5.69 Å². The molecular weight excluding hydrogens is 296 g/mol. The van der Waals surface area contributed by atoms with Gasteiger partial charge in [-0.1, -0.05) is 12.1 Å². The molecule has 0 fully saturated rings. The van der Waals surface area contributed by atoms with Gasteiger partial charge in [-0.15, -0.1) is 0 Å². The molecule has 2 N–H and O–H groups in total. The third kappa shape index (κ3) is 2.51. The number of rotatable bonds is 2. The predicted octanol–water partition coefficient (Wildman–Crippen LogP) is 3.11. The number of benzene rings is 1. The highest BCUT2D eigenvalue weighted by atomic mass is 79.9. The first-order valence-corrected chi connectivity index (χ1v) is 6.09. The lowest BCUT2D eigenvalue weighted by atomic mass is 10.2. The molecule has 0 bridgehead atoms. The number of aromatic hydroxyl groups is 1. The Bertz CT molecular complexity index is 599. The summed E-state index contributed by atoms with van der Waals surface area (Å²) in [6, 6.07) is 8.53. The third-order valence-corrected chi connectivity index (χ3v) is 3.49. The number of carbonyl (C=O) groups is 1. The van der Waals surface area contributed by atoms with Crippen LogP contribution in [0.25, 0.3) is 0 Å². The van der Waals surface area contributed by atoms with Crippen molar-refractivity contribution >= 4 is 27.5 Å². The summed E-state index contributed by atoms with van der Waals surface area (Å²) in [5, 5.41) is 12.2. The van der Waals surface area contributed by atoms with Gasteiger partial charge in [0.15, 0.2) is 5.69 Å². The van der Waals surface area contributed by atoms with Crippen LogP contribution >= 0.6 is 15.9 Å². The zero-order valence-electron chi connectivity index (χ0n) is 9.64. The topological polar surface area (TPSA) is 62.2 Å². The lowest BCUT2D eigenvalue weighted by molar-refractivity contribution is 0.101. The molecule has 18 heavy (non-hydrogen) atoms. The summed E-state index contributed by atoms with van der Waals surface area (Å²) in [4.78, 5) is 15.8. The van der Waals surface area contributed by atoms with Gasteiger partial charge in [0.2, 0.25) is 0 Å². The Kier molecular flexibility index (Phi) is 3.62. The van der Waals surface area contributed by atoms with Crippen molar-refractivity contribution in [2.45, 2.75) is 6.92 Å². The van der Waals surface area contributed by atoms with Gasteiger partial charge >= 0.3 is 0 Å². The Morgan fingerprint density at radius 1 is 1.33 bits per heavy atom. The van der Waals surface area contributed by atoms with Crippen LogP contribution < -0.4 is 5.32 Å². The van der Waals surface area contributed by atoms with E-state index in [-0.39, 0.29) is 11.4 Å². The van der Waals surface area contributed by atoms with Crippen molar-refractivity contribution in [2.24, 2.45) is 0 Å². The first-order chi connectivity index (χ1) is 8.59. The second-order valence-electron chi connectivity index (χ2n) is 3.76. The van der Waals surface area contributed by atoms with Crippen LogP contribution in [-0.4, -0.2) is 16.0 Å². The average Bonchev–Trinajstić information content (AvgIpc) is 2.35. The highest BCUT2D eigenvalue weighted by molar-refractivity contribution is 9.10. The van der Waals surface area contributed by atoms with Crippen LogP contribution in [-0.2, 0) is 0 Å². The van der Waals surface area contributed by atoms with Gasteiger partial charge in [0, 0.05) is 10.7 Å². The fourth-order valence-electron chi connectivity index (χ4n) is 1.50. The molecule has 2 rings (SSSR count). The SMILES string of the molecule is Cc1cccc(NC(=O)c2ncccc2O)c1Br. The molecule has 1 aromatic carbocycles. The Morgan fingerprint density at radius 2 is 2.11 bits per heavy atom. The molecule has 1 heterocycles. The predicted molar refractivity (Wildman–Crippen MR) is 72.7 cm³/mol. The van der Waals surface area contributed by atoms with E-state index in [1.165, 1.54) is 12.3 Å². The second kappa shape index (κ2) is 5.18. The van der Waals surface area contributed by atoms with Gasteiger partial charge in [-0.2, -0.15) is 0 Å². The number of halogens is 1. The lowest BCUT2D eigenvalue weighted by Gasteiger charge is -2.09. The Hall–Kier alpha value is -1.88. The number of amides is 1. The standard InChI is InChI=1S/C13H11BrN2O2/c1-8-4-2-5-9(11(8)14)16-13(18)12-10(17)6-3-7-15-12/h2-7,17H,1H3,(H,16,18). The summed E-state index contributed by atoms with van der Waals surface area (Å²) in [6.45, 7) is 1.93. The average molecular weight is 307 g/mol. The van der Waals surface area contributed by atoms with Crippen molar-refractivity contribution in [3.8, 4) is 5.75 Å². The van der Waals surface area contributed by atoms with Crippen molar-refractivity contribution in [2.75, 3.05) is 5.32 Å². The summed E-state index contributed by atoms with van der Waals surface area (Å²) < 4.78 is 0.814. The van der Waals surface area contributed by atoms with Crippen molar-refractivity contribution in [1.29, 1.82) is 0 Å². The summed E-state index contributed by atoms with van der Waals surface area (Å²) in [6.07, 6.45) is 1.46. The fraction of sp³-hybridized carbons (Fsp3) is 0.0769. The highest BCUT2D eigenvalue weighted by Gasteiger charge is 2.13. The number of hydrogen-bond acceptors (Lipinski definition) is 3. The quantitative estimate of drug-likeness (QED) is 0.896. The molecule has 0 aliphatic carbocycles. The molecule has 92 valence electrons. The number of hydrogen-bond donors (Lipinski definition) is 2. The maximum atomic E-state index is 11.9. The van der Waals surface area contributed by atoms with E-state index in [2.05, 4.69) is 26.2 Å². The van der Waals surface area contributed by atoms with Crippen molar-refractivity contribution < 1.29 is 9.90 Å². The van der Waals surface area contributed by atoms with Crippen molar-refractivity contribution in [3.63, 3.8) is 0 Å². The molecule has 0 saturated heterocycles. The molecule has 5 heteroatoms. The summed E-state index contributed by atoms with van der Waals surface area (Å²) >= 11 is 3.40. The molecule has 0 aliphatic rings. The number of aryl methyl sites for hydroxylation is 1. The van der Waals surface area contributed by atoms with Crippen LogP contribution in [0.3, 0.4) is 0 Å². The van der Waals surface area contributed by atoms with E-state index in [1.54, 1.807) is 12.1 Å². The van der Waals surface area contributed by atoms with E-state index >= 15 is 0 Å². The fourth-order valence-corrected chi connectivity index (χ4v) is 1.86. The van der Waals surface area contributed by atoms with E-state index in [4.69, 9.17) is 0 Å². The maximum Gasteiger partial charge on any atom is 0.278 e. The van der Waals surface area contributed by atoms with E-state index in [0.717, 1.165) is 10.0 Å². The number of nitrogens with zero attached hydrogens (tertiary/aromatic N) is 1. The van der Waals surface area contributed by atoms with Gasteiger partial charge in [-0.25, -0.2) is 4.98 Å². The van der Waals surface area contributed by atoms with E-state index < -0.39 is 5.91 Å². The van der Waals surface area contributed by atoms with Gasteiger partial charge in [0.25, 0.3) is 5.91 Å². The van der Waals surface area contributed by atoms with Crippen LogP contribution in [0.5, 0.6) is 5.75 Å². The minimum Gasteiger partial charge on any atom is -0.505 e. The first-order valence-electron chi connectivity index (χ1n) is 5.30. The van der Waals surface area contributed by atoms with Crippen LogP contribution in [0.2, 0.25) is 0 Å². The molecule has 1 aromatic heterocycles. The molecule has 0 unspecified atom stereocenters. The van der Waals surface area contributed by atoms with Gasteiger partial charge in [0.1, 0.15) is 5.75 Å². The molecule has 2 aromatic rings. The number of nitrogens with one attached hydrogen (secondary N) is 1. The van der Waals surface area contributed by atoms with Crippen molar-refractivity contribution in [1.82, 2.24) is 4.98 Å². The number of pyridine rings is 1. The molecule has 0 atom stereocenters. The Balaban J connectivity index is 2.27. The van der Waals surface area contributed by atoms with Gasteiger partial charge < -0.3 is 10.4 Å². The molecule has 0 saturated carbocycles. The van der Waals surface area contributed by atoms with Crippen LogP contribution in [0.1, 0.15) is 16.1 Å². The Labute approximate surface area is 113 Å². The zero-order valence-corrected chi connectivity index (χ0v) is 11.2. The molecular formula is C13H11BrN2O2. The van der Waals surface area contributed by atoms with E-state index in [0.29, 0.717) is 5.69 Å². The molecule has 0 aliphatic heterocycles. The van der Waals surface area contributed by atoms with E-state index in [1.807, 2.05) is 19.1 Å². The van der Waals surface area contributed by atoms with Crippen LogP contribution in [0, 0.1) is 6.92 Å². The highest BCUT2D eigenvalue weighted by Crippen LogP contribution is 2.26. The van der Waals surface area contributed by atoms with Gasteiger partial charge in [-0.3, -0.25) is 4.79 Å². The number of aromatic nitrogens is 1. The van der Waals surface area contributed by atoms with E-state index in [9.17, 15) is 9.90 Å². The minimum absolute atomic E-state index is 0.00547. The smallest absolute Gasteiger partial charge is 0.278 e. The second-order valence-corrected chi connectivity index (χ2v) is 4.55. The lowest BCUT2D eigenvalue weighted by Crippen LogP contribution is -2.14. The largest absolute Gasteiger partial charge is 0.505 e. The molecule has 0 spiro atoms. The minimum atomic E-state index is -0.445. The summed E-state index contributed by atoms with van der Waals surface area (Å²) in [5.74, 6) is -0.585. The monoisotopic (exact) mass is 306 g/mol.